The van der Waals surface area contributed by atoms with Gasteiger partial charge in [-0.25, -0.2) is 0 Å². The van der Waals surface area contributed by atoms with Crippen LogP contribution >= 0.6 is 0 Å². The summed E-state index contributed by atoms with van der Waals surface area (Å²) >= 11 is 0. The molecule has 0 aromatic rings. The van der Waals surface area contributed by atoms with Crippen LogP contribution in [0.15, 0.2) is 12.2 Å². The average Bonchev–Trinajstić information content (AvgIpc) is 3.06. The summed E-state index contributed by atoms with van der Waals surface area (Å²) in [5.41, 5.74) is 0.333. The van der Waals surface area contributed by atoms with Gasteiger partial charge in [0.2, 0.25) is 11.8 Å². The van der Waals surface area contributed by atoms with E-state index in [4.69, 9.17) is 0 Å². The van der Waals surface area contributed by atoms with Gasteiger partial charge in [0.15, 0.2) is 0 Å². The lowest BCUT2D eigenvalue weighted by Crippen LogP contribution is -2.43. The molecule has 1 saturated heterocycles. The average molecular weight is 271 g/mol. The zero-order chi connectivity index (χ0) is 13.5. The number of nitrogens with zero attached hydrogens (tertiary/aromatic N) is 1. The fourth-order valence-electron chi connectivity index (χ4n) is 5.80. The first-order valence-corrected chi connectivity index (χ1v) is 8.29. The monoisotopic (exact) mass is 271 g/mol. The van der Waals surface area contributed by atoms with Crippen molar-refractivity contribution in [3.63, 3.8) is 0 Å². The number of hydrogen-bond acceptors (Lipinski definition) is 2. The van der Waals surface area contributed by atoms with Gasteiger partial charge < -0.3 is 0 Å². The van der Waals surface area contributed by atoms with Crippen LogP contribution < -0.4 is 0 Å². The molecule has 2 amide bonds. The van der Waals surface area contributed by atoms with Gasteiger partial charge in [-0.05, 0) is 42.9 Å². The molecule has 0 aromatic carbocycles. The number of fused-ring (bicyclic) bond motifs is 3. The van der Waals surface area contributed by atoms with Crippen LogP contribution in [-0.4, -0.2) is 22.8 Å². The van der Waals surface area contributed by atoms with E-state index >= 15 is 0 Å². The smallest absolute Gasteiger partial charge is 0.233 e. The Morgan fingerprint density at radius 1 is 0.900 bits per heavy atom. The van der Waals surface area contributed by atoms with E-state index in [2.05, 4.69) is 12.2 Å². The van der Waals surface area contributed by atoms with Gasteiger partial charge in [0.1, 0.15) is 0 Å². The Balaban J connectivity index is 1.50. The second-order valence-corrected chi connectivity index (χ2v) is 7.56. The molecular formula is C17H21NO2. The van der Waals surface area contributed by atoms with Gasteiger partial charge in [-0.2, -0.15) is 0 Å². The van der Waals surface area contributed by atoms with Gasteiger partial charge in [-0.1, -0.05) is 31.4 Å². The lowest BCUT2D eigenvalue weighted by Gasteiger charge is -2.31. The van der Waals surface area contributed by atoms with Gasteiger partial charge in [0.05, 0.1) is 11.8 Å². The van der Waals surface area contributed by atoms with Crippen molar-refractivity contribution in [1.29, 1.82) is 0 Å². The number of likely N-dealkylation sites (tertiary alicyclic amines) is 1. The Labute approximate surface area is 119 Å². The van der Waals surface area contributed by atoms with E-state index in [1.165, 1.54) is 32.1 Å². The highest BCUT2D eigenvalue weighted by Gasteiger charge is 2.73. The summed E-state index contributed by atoms with van der Waals surface area (Å²) in [5, 5.41) is 0. The van der Waals surface area contributed by atoms with Crippen molar-refractivity contribution in [2.75, 3.05) is 0 Å². The molecule has 106 valence electrons. The maximum Gasteiger partial charge on any atom is 0.233 e. The van der Waals surface area contributed by atoms with Crippen molar-refractivity contribution >= 4 is 11.8 Å². The minimum Gasteiger partial charge on any atom is -0.279 e. The standard InChI is InChI=1S/C17H21NO2/c19-15-13-11-6-7-12(17(11)8-9-17)14(13)16(20)18(15)10-4-2-1-3-5-10/h6-7,10-14H,1-5,8-9H2/t11-,12-,13-,14+/m0/s1. The Hall–Kier alpha value is -1.12. The third kappa shape index (κ3) is 1.15. The maximum absolute atomic E-state index is 12.9. The lowest BCUT2D eigenvalue weighted by molar-refractivity contribution is -0.144. The number of imide groups is 1. The largest absolute Gasteiger partial charge is 0.279 e. The first kappa shape index (κ1) is 11.5. The zero-order valence-corrected chi connectivity index (χ0v) is 11.8. The van der Waals surface area contributed by atoms with E-state index in [1.54, 1.807) is 4.90 Å². The molecule has 1 heterocycles. The molecule has 5 aliphatic rings. The topological polar surface area (TPSA) is 37.4 Å². The van der Waals surface area contributed by atoms with Gasteiger partial charge in [0.25, 0.3) is 0 Å². The molecule has 4 atom stereocenters. The number of carbonyl (C=O) groups excluding carboxylic acids is 2. The molecule has 5 rings (SSSR count). The zero-order valence-electron chi connectivity index (χ0n) is 11.8. The highest BCUT2D eigenvalue weighted by Crippen LogP contribution is 2.73. The molecule has 0 unspecified atom stereocenters. The number of allylic oxidation sites excluding steroid dienone is 2. The van der Waals surface area contributed by atoms with Crippen LogP contribution in [0.1, 0.15) is 44.9 Å². The van der Waals surface area contributed by atoms with Crippen molar-refractivity contribution in [2.45, 2.75) is 51.0 Å². The van der Waals surface area contributed by atoms with Crippen LogP contribution in [0.4, 0.5) is 0 Å². The molecule has 0 radical (unpaired) electrons. The van der Waals surface area contributed by atoms with Crippen LogP contribution in [-0.2, 0) is 9.59 Å². The van der Waals surface area contributed by atoms with Gasteiger partial charge >= 0.3 is 0 Å². The SMILES string of the molecule is O=C1[C@@H]2[C@H](C(=O)N1C1CCCCC1)[C@@H]1C=C[C@@H]2C12CC2. The minimum atomic E-state index is 0.00178. The van der Waals surface area contributed by atoms with Crippen LogP contribution in [0.25, 0.3) is 0 Å². The quantitative estimate of drug-likeness (QED) is 0.543. The van der Waals surface area contributed by atoms with E-state index < -0.39 is 0 Å². The maximum atomic E-state index is 12.9. The predicted octanol–water partition coefficient (Wildman–Crippen LogP) is 2.52. The molecule has 4 aliphatic carbocycles. The fraction of sp³-hybridized carbons (Fsp3) is 0.765. The highest BCUT2D eigenvalue weighted by molar-refractivity contribution is 6.07. The molecule has 0 aromatic heterocycles. The number of amides is 2. The Morgan fingerprint density at radius 3 is 1.95 bits per heavy atom. The predicted molar refractivity (Wildman–Crippen MR) is 73.5 cm³/mol. The summed E-state index contributed by atoms with van der Waals surface area (Å²) in [7, 11) is 0. The molecule has 2 bridgehead atoms. The molecule has 3 nitrogen and oxygen atoms in total. The van der Waals surface area contributed by atoms with Crippen LogP contribution in [0, 0.1) is 29.1 Å². The summed E-state index contributed by atoms with van der Waals surface area (Å²) in [6, 6.07) is 0.212. The van der Waals surface area contributed by atoms with E-state index in [0.29, 0.717) is 17.3 Å². The third-order valence-corrected chi connectivity index (χ3v) is 6.83. The van der Waals surface area contributed by atoms with E-state index in [1.807, 2.05) is 0 Å². The van der Waals surface area contributed by atoms with Crippen LogP contribution in [0.3, 0.4) is 0 Å². The van der Waals surface area contributed by atoms with Gasteiger partial charge in [0, 0.05) is 6.04 Å². The van der Waals surface area contributed by atoms with Gasteiger partial charge in [-0.15, -0.1) is 0 Å². The lowest BCUT2D eigenvalue weighted by atomic mass is 9.85. The van der Waals surface area contributed by atoms with E-state index in [0.717, 1.165) is 12.8 Å². The molecule has 1 aliphatic heterocycles. The summed E-state index contributed by atoms with van der Waals surface area (Å²) in [4.78, 5) is 27.5. The normalized spacial score (nSPS) is 44.7. The van der Waals surface area contributed by atoms with Crippen LogP contribution in [0.5, 0.6) is 0 Å². The van der Waals surface area contributed by atoms with Crippen molar-refractivity contribution < 1.29 is 9.59 Å². The number of rotatable bonds is 1. The van der Waals surface area contributed by atoms with Crippen molar-refractivity contribution in [2.24, 2.45) is 29.1 Å². The molecule has 3 saturated carbocycles. The van der Waals surface area contributed by atoms with Crippen LogP contribution in [0.2, 0.25) is 0 Å². The summed E-state index contributed by atoms with van der Waals surface area (Å²) < 4.78 is 0. The Bertz CT molecular complexity index is 493. The molecule has 4 fully saturated rings. The first-order valence-electron chi connectivity index (χ1n) is 8.29. The fourth-order valence-corrected chi connectivity index (χ4v) is 5.80. The highest BCUT2D eigenvalue weighted by atomic mass is 16.2. The first-order chi connectivity index (χ1) is 9.74. The third-order valence-electron chi connectivity index (χ3n) is 6.83. The molecular weight excluding hydrogens is 250 g/mol. The Kier molecular flexibility index (Phi) is 2.05. The molecule has 3 heteroatoms. The second kappa shape index (κ2) is 3.55. The second-order valence-electron chi connectivity index (χ2n) is 7.56. The summed E-state index contributed by atoms with van der Waals surface area (Å²) in [5.74, 6) is 1.11. The molecule has 0 N–H and O–H groups in total. The van der Waals surface area contributed by atoms with Crippen molar-refractivity contribution in [3.8, 4) is 0 Å². The Morgan fingerprint density at radius 2 is 1.45 bits per heavy atom. The van der Waals surface area contributed by atoms with E-state index in [9.17, 15) is 9.59 Å². The summed E-state index contributed by atoms with van der Waals surface area (Å²) in [6.07, 6.45) is 12.6. The molecule has 1 spiro atoms. The number of carbonyl (C=O) groups is 2. The van der Waals surface area contributed by atoms with E-state index in [-0.39, 0.29) is 29.7 Å². The summed E-state index contributed by atoms with van der Waals surface area (Å²) in [6.45, 7) is 0. The van der Waals surface area contributed by atoms with Crippen molar-refractivity contribution in [3.05, 3.63) is 12.2 Å². The minimum absolute atomic E-state index is 0.00178. The number of hydrogen-bond donors (Lipinski definition) is 0. The van der Waals surface area contributed by atoms with Crippen molar-refractivity contribution in [1.82, 2.24) is 4.90 Å². The van der Waals surface area contributed by atoms with Gasteiger partial charge in [-0.3, -0.25) is 14.5 Å². The molecule has 20 heavy (non-hydrogen) atoms.